The first-order chi connectivity index (χ1) is 24.8. The molecule has 8 aromatic carbocycles. The number of hydrogen-bond acceptors (Lipinski definition) is 0. The molecule has 0 saturated carbocycles. The Hall–Kier alpha value is -6.64. The lowest BCUT2D eigenvalue weighted by Crippen LogP contribution is -1.96. The van der Waals surface area contributed by atoms with Crippen molar-refractivity contribution < 1.29 is 0 Å². The van der Waals surface area contributed by atoms with Crippen LogP contribution in [0, 0.1) is 0 Å². The largest absolute Gasteiger partial charge is 0.309 e. The first-order valence-electron chi connectivity index (χ1n) is 17.2. The third kappa shape index (κ3) is 4.57. The maximum atomic E-state index is 2.45. The monoisotopic (exact) mass is 636 g/mol. The molecule has 2 heteroatoms. The highest BCUT2D eigenvalue weighted by molar-refractivity contribution is 6.19. The van der Waals surface area contributed by atoms with E-state index in [9.17, 15) is 0 Å². The summed E-state index contributed by atoms with van der Waals surface area (Å²) < 4.78 is 4.88. The van der Waals surface area contributed by atoms with Crippen LogP contribution in [0.4, 0.5) is 0 Å². The Labute approximate surface area is 290 Å². The van der Waals surface area contributed by atoms with Gasteiger partial charge in [-0.1, -0.05) is 146 Å². The summed E-state index contributed by atoms with van der Waals surface area (Å²) in [6.45, 7) is 0. The second kappa shape index (κ2) is 11.5. The maximum absolute atomic E-state index is 2.45. The Kier molecular flexibility index (Phi) is 6.53. The zero-order valence-electron chi connectivity index (χ0n) is 27.4. The van der Waals surface area contributed by atoms with Gasteiger partial charge in [0, 0.05) is 32.9 Å². The number of rotatable bonds is 5. The van der Waals surface area contributed by atoms with Crippen molar-refractivity contribution in [3.63, 3.8) is 0 Å². The number of nitrogens with zero attached hydrogens (tertiary/aromatic N) is 2. The Morgan fingerprint density at radius 3 is 1.14 bits per heavy atom. The van der Waals surface area contributed by atoms with Crippen molar-refractivity contribution in [2.45, 2.75) is 0 Å². The second-order valence-corrected chi connectivity index (χ2v) is 13.0. The highest BCUT2D eigenvalue weighted by Gasteiger charge is 2.19. The van der Waals surface area contributed by atoms with Crippen LogP contribution in [0.2, 0.25) is 0 Å². The molecule has 0 amide bonds. The third-order valence-corrected chi connectivity index (χ3v) is 10.1. The van der Waals surface area contributed by atoms with Crippen LogP contribution in [0.5, 0.6) is 0 Å². The van der Waals surface area contributed by atoms with Gasteiger partial charge < -0.3 is 9.13 Å². The minimum Gasteiger partial charge on any atom is -0.309 e. The van der Waals surface area contributed by atoms with E-state index in [0.717, 1.165) is 11.4 Å². The Balaban J connectivity index is 1.24. The van der Waals surface area contributed by atoms with Gasteiger partial charge in [0.05, 0.1) is 22.1 Å². The molecule has 50 heavy (non-hydrogen) atoms. The SMILES string of the molecule is c1ccc(-c2ccc(-n3c4ccccc4c4cc5c6ccc(-c7ccccc7)cc6n(-c6ccc(-c7ccccc7)cc6)c5cc43)cc2)cc1. The van der Waals surface area contributed by atoms with Crippen LogP contribution < -0.4 is 0 Å². The lowest BCUT2D eigenvalue weighted by molar-refractivity contribution is 1.16. The van der Waals surface area contributed by atoms with Crippen LogP contribution in [0.1, 0.15) is 0 Å². The molecule has 2 nitrogen and oxygen atoms in total. The summed E-state index contributed by atoms with van der Waals surface area (Å²) in [5.41, 5.74) is 14.4. The smallest absolute Gasteiger partial charge is 0.0562 e. The van der Waals surface area contributed by atoms with Crippen LogP contribution in [0.15, 0.2) is 194 Å². The molecule has 10 rings (SSSR count). The van der Waals surface area contributed by atoms with E-state index in [2.05, 4.69) is 203 Å². The first kappa shape index (κ1) is 28.4. The highest BCUT2D eigenvalue weighted by atomic mass is 15.0. The molecule has 0 bridgehead atoms. The minimum absolute atomic E-state index is 1.14. The van der Waals surface area contributed by atoms with Gasteiger partial charge in [-0.2, -0.15) is 0 Å². The molecule has 0 atom stereocenters. The average molecular weight is 637 g/mol. The molecule has 2 heterocycles. The zero-order chi connectivity index (χ0) is 33.0. The van der Waals surface area contributed by atoms with Crippen LogP contribution in [-0.4, -0.2) is 9.13 Å². The molecule has 0 spiro atoms. The van der Waals surface area contributed by atoms with Crippen molar-refractivity contribution in [3.05, 3.63) is 194 Å². The van der Waals surface area contributed by atoms with Gasteiger partial charge in [0.25, 0.3) is 0 Å². The van der Waals surface area contributed by atoms with Crippen molar-refractivity contribution in [2.24, 2.45) is 0 Å². The summed E-state index contributed by atoms with van der Waals surface area (Å²) >= 11 is 0. The summed E-state index contributed by atoms with van der Waals surface area (Å²) in [4.78, 5) is 0. The molecule has 2 aromatic heterocycles. The molecule has 10 aromatic rings. The van der Waals surface area contributed by atoms with E-state index in [4.69, 9.17) is 0 Å². The number of fused-ring (bicyclic) bond motifs is 6. The molecule has 0 aliphatic rings. The predicted octanol–water partition coefficient (Wildman–Crippen LogP) is 12.9. The van der Waals surface area contributed by atoms with E-state index in [0.29, 0.717) is 0 Å². The fraction of sp³-hybridized carbons (Fsp3) is 0. The van der Waals surface area contributed by atoms with E-state index in [1.807, 2.05) is 0 Å². The first-order valence-corrected chi connectivity index (χ1v) is 17.2. The van der Waals surface area contributed by atoms with Gasteiger partial charge in [0.15, 0.2) is 0 Å². The van der Waals surface area contributed by atoms with Crippen molar-refractivity contribution in [3.8, 4) is 44.8 Å². The molecule has 0 radical (unpaired) electrons. The normalized spacial score (nSPS) is 11.6. The van der Waals surface area contributed by atoms with Gasteiger partial charge in [0.2, 0.25) is 0 Å². The van der Waals surface area contributed by atoms with Gasteiger partial charge in [-0.15, -0.1) is 0 Å². The fourth-order valence-electron chi connectivity index (χ4n) is 7.71. The van der Waals surface area contributed by atoms with Gasteiger partial charge in [-0.25, -0.2) is 0 Å². The van der Waals surface area contributed by atoms with Crippen molar-refractivity contribution in [2.75, 3.05) is 0 Å². The molecule has 0 fully saturated rings. The van der Waals surface area contributed by atoms with E-state index in [1.165, 1.54) is 77.0 Å². The molecular formula is C48H32N2. The van der Waals surface area contributed by atoms with E-state index in [1.54, 1.807) is 0 Å². The number of aromatic nitrogens is 2. The Morgan fingerprint density at radius 2 is 0.600 bits per heavy atom. The minimum atomic E-state index is 1.14. The Morgan fingerprint density at radius 1 is 0.220 bits per heavy atom. The summed E-state index contributed by atoms with van der Waals surface area (Å²) in [6.07, 6.45) is 0. The zero-order valence-corrected chi connectivity index (χ0v) is 27.4. The van der Waals surface area contributed by atoms with E-state index >= 15 is 0 Å². The number of para-hydroxylation sites is 1. The summed E-state index contributed by atoms with van der Waals surface area (Å²) in [7, 11) is 0. The highest BCUT2D eigenvalue weighted by Crippen LogP contribution is 2.41. The second-order valence-electron chi connectivity index (χ2n) is 13.0. The lowest BCUT2D eigenvalue weighted by atomic mass is 10.0. The summed E-state index contributed by atoms with van der Waals surface area (Å²) in [6, 6.07) is 70.4. The van der Waals surface area contributed by atoms with Crippen molar-refractivity contribution >= 4 is 43.6 Å². The van der Waals surface area contributed by atoms with Crippen LogP contribution >= 0.6 is 0 Å². The van der Waals surface area contributed by atoms with Gasteiger partial charge >= 0.3 is 0 Å². The molecule has 234 valence electrons. The molecule has 0 aliphatic heterocycles. The van der Waals surface area contributed by atoms with E-state index < -0.39 is 0 Å². The summed E-state index contributed by atoms with van der Waals surface area (Å²) in [5, 5.41) is 5.01. The van der Waals surface area contributed by atoms with Crippen molar-refractivity contribution in [1.29, 1.82) is 0 Å². The van der Waals surface area contributed by atoms with Gasteiger partial charge in [-0.3, -0.25) is 0 Å². The molecule has 0 aliphatic carbocycles. The Bertz CT molecular complexity index is 2810. The molecule has 0 N–H and O–H groups in total. The fourth-order valence-corrected chi connectivity index (χ4v) is 7.71. The topological polar surface area (TPSA) is 9.86 Å². The standard InChI is InChI=1S/C48H32N2/c1-4-12-33(13-5-1)36-20-25-39(26-21-36)49-45-19-11-10-18-41(45)43-31-44-42-29-24-38(35-16-8-3-9-17-35)30-46(42)50(48(44)32-47(43)49)40-27-22-37(23-28-40)34-14-6-2-7-15-34/h1-32H. The third-order valence-electron chi connectivity index (χ3n) is 10.1. The van der Waals surface area contributed by atoms with Crippen LogP contribution in [0.3, 0.4) is 0 Å². The summed E-state index contributed by atoms with van der Waals surface area (Å²) in [5.74, 6) is 0. The molecule has 0 saturated heterocycles. The molecular weight excluding hydrogens is 605 g/mol. The van der Waals surface area contributed by atoms with Crippen LogP contribution in [0.25, 0.3) is 88.4 Å². The van der Waals surface area contributed by atoms with Crippen molar-refractivity contribution in [1.82, 2.24) is 9.13 Å². The maximum Gasteiger partial charge on any atom is 0.0562 e. The quantitative estimate of drug-likeness (QED) is 0.178. The van der Waals surface area contributed by atoms with Gasteiger partial charge in [0.1, 0.15) is 0 Å². The predicted molar refractivity (Wildman–Crippen MR) is 211 cm³/mol. The lowest BCUT2D eigenvalue weighted by Gasteiger charge is -2.12. The van der Waals surface area contributed by atoms with Gasteiger partial charge in [-0.05, 0) is 81.9 Å². The number of hydrogen-bond donors (Lipinski definition) is 0. The van der Waals surface area contributed by atoms with Crippen LogP contribution in [-0.2, 0) is 0 Å². The van der Waals surface area contributed by atoms with E-state index in [-0.39, 0.29) is 0 Å². The molecule has 0 unspecified atom stereocenters. The number of benzene rings is 8. The average Bonchev–Trinajstić information content (AvgIpc) is 3.69.